The van der Waals surface area contributed by atoms with Crippen molar-refractivity contribution in [3.05, 3.63) is 59.7 Å². The van der Waals surface area contributed by atoms with Gasteiger partial charge in [0, 0.05) is 23.7 Å². The number of rotatable bonds is 9. The highest BCUT2D eigenvalue weighted by Gasteiger charge is 2.46. The van der Waals surface area contributed by atoms with E-state index in [2.05, 4.69) is 10.6 Å². The van der Waals surface area contributed by atoms with Gasteiger partial charge in [0.25, 0.3) is 0 Å². The highest BCUT2D eigenvalue weighted by molar-refractivity contribution is 5.92. The molecule has 182 valence electrons. The number of amides is 2. The van der Waals surface area contributed by atoms with Crippen LogP contribution in [-0.4, -0.2) is 73.9 Å². The predicted octanol–water partition coefficient (Wildman–Crippen LogP) is 1.93. The number of likely N-dealkylation sites (N-methyl/N-ethyl adjacent to an activating group) is 1. The second-order valence-electron chi connectivity index (χ2n) is 9.23. The quantitative estimate of drug-likeness (QED) is 0.521. The first kappa shape index (κ1) is 24.2. The first-order valence-corrected chi connectivity index (χ1v) is 11.7. The van der Waals surface area contributed by atoms with Crippen LogP contribution in [0.3, 0.4) is 0 Å². The fraction of sp³-hybridized carbons (Fsp3) is 0.462. The topological polar surface area (TPSA) is 100 Å². The lowest BCUT2D eigenvalue weighted by Gasteiger charge is -2.37. The first-order chi connectivity index (χ1) is 16.4. The Morgan fingerprint density at radius 2 is 1.91 bits per heavy atom. The molecule has 0 aromatic heterocycles. The number of nitrogens with one attached hydrogen (secondary N) is 2. The minimum atomic E-state index is -0.514. The fourth-order valence-corrected chi connectivity index (χ4v) is 4.72. The van der Waals surface area contributed by atoms with Gasteiger partial charge in [0.2, 0.25) is 11.8 Å². The van der Waals surface area contributed by atoms with Gasteiger partial charge in [0.15, 0.2) is 0 Å². The number of nitrogens with zero attached hydrogens (tertiary/aromatic N) is 1. The summed E-state index contributed by atoms with van der Waals surface area (Å²) < 4.78 is 12.1. The predicted molar refractivity (Wildman–Crippen MR) is 129 cm³/mol. The Hall–Kier alpha value is -2.94. The molecule has 0 bridgehead atoms. The molecule has 2 aliphatic heterocycles. The van der Waals surface area contributed by atoms with E-state index in [1.807, 2.05) is 67.5 Å². The van der Waals surface area contributed by atoms with E-state index < -0.39 is 6.10 Å². The molecule has 4 rings (SSSR count). The van der Waals surface area contributed by atoms with Crippen molar-refractivity contribution in [3.63, 3.8) is 0 Å². The molecule has 2 heterocycles. The van der Waals surface area contributed by atoms with Gasteiger partial charge in [0.05, 0.1) is 25.7 Å². The molecule has 2 aromatic rings. The molecule has 8 heteroatoms. The molecule has 0 aliphatic carbocycles. The number of anilines is 1. The Bertz CT molecular complexity index is 997. The third kappa shape index (κ3) is 5.94. The van der Waals surface area contributed by atoms with Gasteiger partial charge >= 0.3 is 0 Å². The Morgan fingerprint density at radius 3 is 2.65 bits per heavy atom. The molecule has 0 radical (unpaired) electrons. The van der Waals surface area contributed by atoms with E-state index in [4.69, 9.17) is 9.47 Å². The third-order valence-electron chi connectivity index (χ3n) is 6.23. The summed E-state index contributed by atoms with van der Waals surface area (Å²) >= 11 is 0. The molecule has 1 fully saturated rings. The van der Waals surface area contributed by atoms with Crippen molar-refractivity contribution in [3.8, 4) is 5.75 Å². The molecule has 2 aliphatic rings. The van der Waals surface area contributed by atoms with Crippen LogP contribution >= 0.6 is 0 Å². The van der Waals surface area contributed by atoms with Crippen LogP contribution in [0.1, 0.15) is 29.9 Å². The zero-order valence-corrected chi connectivity index (χ0v) is 19.7. The average molecular weight is 468 g/mol. The van der Waals surface area contributed by atoms with Crippen LogP contribution in [0, 0.1) is 0 Å². The number of ether oxygens (including phenoxy) is 2. The van der Waals surface area contributed by atoms with Gasteiger partial charge in [-0.3, -0.25) is 9.59 Å². The summed E-state index contributed by atoms with van der Waals surface area (Å²) in [6.45, 7) is 0.669. The fourth-order valence-electron chi connectivity index (χ4n) is 4.72. The molecule has 3 N–H and O–H groups in total. The standard InChI is InChI=1S/C26H33N3O5/c1-29(2)15-25(32)28-18-8-9-22-20(12-18)21-13-19(33-23(16-30)26(21)34-22)14-24(31)27-11-10-17-6-4-3-5-7-17/h3-9,12,19,21,23,26,30H,10-11,13-16H2,1-2H3,(H,27,31)(H,28,32)/t19-,21+,23-,26-/m0/s1. The molecular formula is C26H33N3O5. The smallest absolute Gasteiger partial charge is 0.238 e. The maximum absolute atomic E-state index is 12.6. The van der Waals surface area contributed by atoms with Gasteiger partial charge in [-0.25, -0.2) is 0 Å². The molecule has 2 aromatic carbocycles. The molecule has 1 saturated heterocycles. The van der Waals surface area contributed by atoms with Crippen LogP contribution in [0.2, 0.25) is 0 Å². The van der Waals surface area contributed by atoms with Crippen LogP contribution in [-0.2, 0) is 20.7 Å². The lowest BCUT2D eigenvalue weighted by molar-refractivity contribution is -0.142. The van der Waals surface area contributed by atoms with Gasteiger partial charge in [-0.2, -0.15) is 0 Å². The maximum atomic E-state index is 12.6. The van der Waals surface area contributed by atoms with Crippen molar-refractivity contribution in [2.45, 2.75) is 43.5 Å². The van der Waals surface area contributed by atoms with E-state index in [0.717, 1.165) is 17.7 Å². The van der Waals surface area contributed by atoms with E-state index in [9.17, 15) is 14.7 Å². The van der Waals surface area contributed by atoms with Crippen molar-refractivity contribution >= 4 is 17.5 Å². The summed E-state index contributed by atoms with van der Waals surface area (Å²) in [6.07, 6.45) is 0.450. The van der Waals surface area contributed by atoms with Crippen molar-refractivity contribution in [2.75, 3.05) is 39.1 Å². The monoisotopic (exact) mass is 467 g/mol. The van der Waals surface area contributed by atoms with Gasteiger partial charge in [-0.15, -0.1) is 0 Å². The van der Waals surface area contributed by atoms with Gasteiger partial charge < -0.3 is 30.1 Å². The molecule has 8 nitrogen and oxygen atoms in total. The number of benzene rings is 2. The number of hydrogen-bond donors (Lipinski definition) is 3. The van der Waals surface area contributed by atoms with Crippen molar-refractivity contribution in [2.24, 2.45) is 0 Å². The molecular weight excluding hydrogens is 434 g/mol. The van der Waals surface area contributed by atoms with Gasteiger partial charge in [0.1, 0.15) is 18.0 Å². The number of carbonyl (C=O) groups is 2. The lowest BCUT2D eigenvalue weighted by atomic mass is 9.84. The number of fused-ring (bicyclic) bond motifs is 3. The highest BCUT2D eigenvalue weighted by atomic mass is 16.6. The van der Waals surface area contributed by atoms with E-state index in [1.165, 1.54) is 5.56 Å². The Labute approximate surface area is 200 Å². The second kappa shape index (κ2) is 11.0. The SMILES string of the molecule is CN(C)CC(=O)Nc1ccc2c(c1)[C@H]1C[C@@H](CC(=O)NCCc3ccccc3)O[C@@H](CO)[C@H]1O2. The van der Waals surface area contributed by atoms with Crippen molar-refractivity contribution in [1.82, 2.24) is 10.2 Å². The zero-order chi connectivity index (χ0) is 24.1. The van der Waals surface area contributed by atoms with Crippen molar-refractivity contribution in [1.29, 1.82) is 0 Å². The zero-order valence-electron chi connectivity index (χ0n) is 19.7. The number of aliphatic hydroxyl groups is 1. The largest absolute Gasteiger partial charge is 0.487 e. The normalized spacial score (nSPS) is 23.1. The number of aliphatic hydroxyl groups excluding tert-OH is 1. The molecule has 0 saturated carbocycles. The maximum Gasteiger partial charge on any atom is 0.238 e. The molecule has 0 spiro atoms. The van der Waals surface area contributed by atoms with Gasteiger partial charge in [-0.05, 0) is 50.7 Å². The van der Waals surface area contributed by atoms with Crippen LogP contribution in [0.15, 0.2) is 48.5 Å². The molecule has 2 amide bonds. The van der Waals surface area contributed by atoms with Gasteiger partial charge in [-0.1, -0.05) is 30.3 Å². The first-order valence-electron chi connectivity index (χ1n) is 11.7. The summed E-state index contributed by atoms with van der Waals surface area (Å²) in [5.74, 6) is 0.551. The minimum absolute atomic E-state index is 0.0197. The molecule has 4 atom stereocenters. The van der Waals surface area contributed by atoms with E-state index >= 15 is 0 Å². The summed E-state index contributed by atoms with van der Waals surface area (Å²) in [5, 5.41) is 15.8. The van der Waals surface area contributed by atoms with E-state index in [-0.39, 0.29) is 43.0 Å². The highest BCUT2D eigenvalue weighted by Crippen LogP contribution is 2.47. The summed E-state index contributed by atoms with van der Waals surface area (Å²) in [4.78, 5) is 26.5. The van der Waals surface area contributed by atoms with E-state index in [1.54, 1.807) is 0 Å². The Morgan fingerprint density at radius 1 is 1.12 bits per heavy atom. The summed E-state index contributed by atoms with van der Waals surface area (Å²) in [7, 11) is 3.69. The van der Waals surface area contributed by atoms with Crippen LogP contribution in [0.5, 0.6) is 5.75 Å². The van der Waals surface area contributed by atoms with Crippen LogP contribution in [0.25, 0.3) is 0 Å². The average Bonchev–Trinajstić information content (AvgIpc) is 3.16. The minimum Gasteiger partial charge on any atom is -0.487 e. The number of hydrogen-bond acceptors (Lipinski definition) is 6. The second-order valence-corrected chi connectivity index (χ2v) is 9.23. The Kier molecular flexibility index (Phi) is 7.82. The Balaban J connectivity index is 1.37. The van der Waals surface area contributed by atoms with Crippen LogP contribution in [0.4, 0.5) is 5.69 Å². The van der Waals surface area contributed by atoms with Crippen LogP contribution < -0.4 is 15.4 Å². The van der Waals surface area contributed by atoms with Crippen molar-refractivity contribution < 1.29 is 24.2 Å². The summed E-state index contributed by atoms with van der Waals surface area (Å²) in [5.41, 5.74) is 2.86. The molecule has 34 heavy (non-hydrogen) atoms. The third-order valence-corrected chi connectivity index (χ3v) is 6.23. The number of carbonyl (C=O) groups excluding carboxylic acids is 2. The van der Waals surface area contributed by atoms with E-state index in [0.29, 0.717) is 25.2 Å². The summed E-state index contributed by atoms with van der Waals surface area (Å²) in [6, 6.07) is 15.6. The lowest BCUT2D eigenvalue weighted by Crippen LogP contribution is -2.47. The molecule has 0 unspecified atom stereocenters.